The minimum Gasteiger partial charge on any atom is -0.455 e. The number of benzene rings is 1. The Labute approximate surface area is 160 Å². The summed E-state index contributed by atoms with van der Waals surface area (Å²) in [5.41, 5.74) is 1.94. The highest BCUT2D eigenvalue weighted by Crippen LogP contribution is 2.32. The summed E-state index contributed by atoms with van der Waals surface area (Å²) in [6.45, 7) is 0. The Morgan fingerprint density at radius 2 is 2.00 bits per heavy atom. The summed E-state index contributed by atoms with van der Waals surface area (Å²) >= 11 is 6.05. The number of anilines is 1. The number of halogens is 4. The number of furan rings is 1. The molecule has 2 aromatic heterocycles. The van der Waals surface area contributed by atoms with Crippen LogP contribution >= 0.6 is 11.6 Å². The molecule has 28 heavy (non-hydrogen) atoms. The second-order valence-corrected chi connectivity index (χ2v) is 5.83. The van der Waals surface area contributed by atoms with E-state index >= 15 is 0 Å². The van der Waals surface area contributed by atoms with E-state index in [0.717, 1.165) is 12.1 Å². The first-order chi connectivity index (χ1) is 13.2. The maximum atomic E-state index is 12.5. The lowest BCUT2D eigenvalue weighted by molar-refractivity contribution is -0.384. The molecule has 0 aliphatic heterocycles. The van der Waals surface area contributed by atoms with E-state index in [1.807, 2.05) is 0 Å². The normalized spacial score (nSPS) is 11.7. The zero-order valence-corrected chi connectivity index (χ0v) is 14.5. The molecule has 0 amide bonds. The lowest BCUT2D eigenvalue weighted by Crippen LogP contribution is -2.05. The van der Waals surface area contributed by atoms with Crippen molar-refractivity contribution in [3.05, 3.63) is 75.1 Å². The number of alkyl halides is 3. The molecule has 3 aromatic rings. The maximum absolute atomic E-state index is 12.5. The van der Waals surface area contributed by atoms with Crippen molar-refractivity contribution in [2.75, 3.05) is 5.43 Å². The quantitative estimate of drug-likeness (QED) is 0.347. The number of hydrogen-bond donors (Lipinski definition) is 1. The van der Waals surface area contributed by atoms with Crippen molar-refractivity contribution in [3.8, 4) is 11.3 Å². The van der Waals surface area contributed by atoms with Crippen LogP contribution in [0.4, 0.5) is 24.7 Å². The summed E-state index contributed by atoms with van der Waals surface area (Å²) < 4.78 is 43.0. The fourth-order valence-electron chi connectivity index (χ4n) is 2.17. The van der Waals surface area contributed by atoms with Crippen LogP contribution in [0.15, 0.2) is 58.2 Å². The Kier molecular flexibility index (Phi) is 5.32. The number of rotatable bonds is 5. The van der Waals surface area contributed by atoms with Gasteiger partial charge in [0.2, 0.25) is 0 Å². The average Bonchev–Trinajstić information content (AvgIpc) is 3.10. The molecular formula is C17H10ClF3N4O3. The van der Waals surface area contributed by atoms with Crippen molar-refractivity contribution in [2.24, 2.45) is 5.10 Å². The number of non-ortho nitro benzene ring substituents is 1. The first kappa shape index (κ1) is 19.4. The Hall–Kier alpha value is -3.40. The molecule has 0 fully saturated rings. The van der Waals surface area contributed by atoms with Crippen LogP contribution < -0.4 is 5.43 Å². The third-order valence-electron chi connectivity index (χ3n) is 3.52. The van der Waals surface area contributed by atoms with E-state index in [-0.39, 0.29) is 16.5 Å². The standard InChI is InChI=1S/C17H10ClF3N4O3/c18-14-7-11(25(26)27)2-4-13(14)15-5-3-12(28-15)9-23-24-16-6-1-10(8-22-16)17(19,20)21/h1-9H,(H,22,24)/b23-9-. The van der Waals surface area contributed by atoms with Gasteiger partial charge in [-0.1, -0.05) is 11.6 Å². The second-order valence-electron chi connectivity index (χ2n) is 5.42. The number of aromatic nitrogens is 1. The van der Waals surface area contributed by atoms with Crippen molar-refractivity contribution < 1.29 is 22.5 Å². The molecule has 0 atom stereocenters. The van der Waals surface area contributed by atoms with Gasteiger partial charge in [-0.15, -0.1) is 0 Å². The molecule has 7 nitrogen and oxygen atoms in total. The fraction of sp³-hybridized carbons (Fsp3) is 0.0588. The first-order valence-electron chi connectivity index (χ1n) is 7.60. The molecule has 1 aromatic carbocycles. The van der Waals surface area contributed by atoms with Crippen molar-refractivity contribution >= 4 is 29.3 Å². The molecule has 0 spiro atoms. The van der Waals surface area contributed by atoms with Gasteiger partial charge in [-0.2, -0.15) is 18.3 Å². The molecule has 3 rings (SSSR count). The summed E-state index contributed by atoms with van der Waals surface area (Å²) in [6, 6.07) is 9.19. The van der Waals surface area contributed by atoms with E-state index in [1.165, 1.54) is 24.4 Å². The zero-order chi connectivity index (χ0) is 20.3. The zero-order valence-electron chi connectivity index (χ0n) is 13.8. The number of nitrogens with zero attached hydrogens (tertiary/aromatic N) is 3. The molecule has 0 radical (unpaired) electrons. The molecule has 0 aliphatic rings. The van der Waals surface area contributed by atoms with Crippen LogP contribution in [0.1, 0.15) is 11.3 Å². The average molecular weight is 411 g/mol. The highest BCUT2D eigenvalue weighted by Gasteiger charge is 2.30. The number of hydrazone groups is 1. The lowest BCUT2D eigenvalue weighted by atomic mass is 10.1. The van der Waals surface area contributed by atoms with Gasteiger partial charge in [-0.3, -0.25) is 15.5 Å². The fourth-order valence-corrected chi connectivity index (χ4v) is 2.44. The summed E-state index contributed by atoms with van der Waals surface area (Å²) in [7, 11) is 0. The Morgan fingerprint density at radius 3 is 2.61 bits per heavy atom. The molecule has 0 saturated carbocycles. The van der Waals surface area contributed by atoms with Gasteiger partial charge in [-0.05, 0) is 30.3 Å². The van der Waals surface area contributed by atoms with Crippen LogP contribution in [0.3, 0.4) is 0 Å². The Balaban J connectivity index is 1.68. The molecule has 1 N–H and O–H groups in total. The molecule has 0 bridgehead atoms. The largest absolute Gasteiger partial charge is 0.455 e. The van der Waals surface area contributed by atoms with Crippen LogP contribution in [-0.4, -0.2) is 16.1 Å². The topological polar surface area (TPSA) is 93.6 Å². The maximum Gasteiger partial charge on any atom is 0.417 e. The van der Waals surface area contributed by atoms with Crippen molar-refractivity contribution in [1.82, 2.24) is 4.98 Å². The Morgan fingerprint density at radius 1 is 1.21 bits per heavy atom. The third kappa shape index (κ3) is 4.46. The first-order valence-corrected chi connectivity index (χ1v) is 7.98. The number of nitro groups is 1. The molecule has 11 heteroatoms. The number of nitrogens with one attached hydrogen (secondary N) is 1. The SMILES string of the molecule is O=[N+]([O-])c1ccc(-c2ccc(/C=N\Nc3ccc(C(F)(F)F)cn3)o2)c(Cl)c1. The van der Waals surface area contributed by atoms with Crippen LogP contribution in [0.5, 0.6) is 0 Å². The van der Waals surface area contributed by atoms with Crippen molar-refractivity contribution in [1.29, 1.82) is 0 Å². The van der Waals surface area contributed by atoms with E-state index in [9.17, 15) is 23.3 Å². The summed E-state index contributed by atoms with van der Waals surface area (Å²) in [6.07, 6.45) is -2.47. The van der Waals surface area contributed by atoms with Crippen molar-refractivity contribution in [2.45, 2.75) is 6.18 Å². The van der Waals surface area contributed by atoms with Gasteiger partial charge in [-0.25, -0.2) is 4.98 Å². The number of nitro benzene ring substituents is 1. The third-order valence-corrected chi connectivity index (χ3v) is 3.83. The smallest absolute Gasteiger partial charge is 0.417 e. The minimum absolute atomic E-state index is 0.120. The van der Waals surface area contributed by atoms with Crippen molar-refractivity contribution in [3.63, 3.8) is 0 Å². The Bertz CT molecular complexity index is 1030. The van der Waals surface area contributed by atoms with Crippen LogP contribution in [0.25, 0.3) is 11.3 Å². The van der Waals surface area contributed by atoms with Gasteiger partial charge in [0.05, 0.1) is 21.7 Å². The van der Waals surface area contributed by atoms with Crippen LogP contribution in [-0.2, 0) is 6.18 Å². The summed E-state index contributed by atoms with van der Waals surface area (Å²) in [4.78, 5) is 13.8. The van der Waals surface area contributed by atoms with Gasteiger partial charge in [0, 0.05) is 23.9 Å². The number of pyridine rings is 1. The van der Waals surface area contributed by atoms with Gasteiger partial charge in [0.25, 0.3) is 5.69 Å². The molecule has 0 saturated heterocycles. The molecule has 0 unspecified atom stereocenters. The highest BCUT2D eigenvalue weighted by atomic mass is 35.5. The predicted octanol–water partition coefficient (Wildman–Crippen LogP) is 5.37. The lowest BCUT2D eigenvalue weighted by Gasteiger charge is -2.06. The molecule has 2 heterocycles. The van der Waals surface area contributed by atoms with Gasteiger partial charge >= 0.3 is 6.18 Å². The minimum atomic E-state index is -4.46. The van der Waals surface area contributed by atoms with E-state index in [0.29, 0.717) is 23.3 Å². The summed E-state index contributed by atoms with van der Waals surface area (Å²) in [5, 5.41) is 14.7. The van der Waals surface area contributed by atoms with Gasteiger partial charge < -0.3 is 4.42 Å². The van der Waals surface area contributed by atoms with E-state index in [1.54, 1.807) is 12.1 Å². The second kappa shape index (κ2) is 7.69. The number of hydrogen-bond acceptors (Lipinski definition) is 6. The molecule has 0 aliphatic carbocycles. The van der Waals surface area contributed by atoms with Crippen LogP contribution in [0, 0.1) is 10.1 Å². The summed E-state index contributed by atoms with van der Waals surface area (Å²) in [5.74, 6) is 0.812. The predicted molar refractivity (Wildman–Crippen MR) is 96.3 cm³/mol. The monoisotopic (exact) mass is 410 g/mol. The van der Waals surface area contributed by atoms with Crippen LogP contribution in [0.2, 0.25) is 5.02 Å². The van der Waals surface area contributed by atoms with E-state index in [2.05, 4.69) is 15.5 Å². The highest BCUT2D eigenvalue weighted by molar-refractivity contribution is 6.33. The van der Waals surface area contributed by atoms with Gasteiger partial charge in [0.1, 0.15) is 17.3 Å². The van der Waals surface area contributed by atoms with E-state index in [4.69, 9.17) is 16.0 Å². The molecular weight excluding hydrogens is 401 g/mol. The van der Waals surface area contributed by atoms with E-state index < -0.39 is 16.7 Å². The molecule has 144 valence electrons. The van der Waals surface area contributed by atoms with Gasteiger partial charge in [0.15, 0.2) is 0 Å².